The lowest BCUT2D eigenvalue weighted by molar-refractivity contribution is 0.0493. The molecular weight excluding hydrogens is 238 g/mol. The number of aliphatic hydroxyl groups is 1. The first kappa shape index (κ1) is 12.5. The van der Waals surface area contributed by atoms with Crippen LogP contribution in [0.25, 0.3) is 0 Å². The predicted molar refractivity (Wildman–Crippen MR) is 66.6 cm³/mol. The highest BCUT2D eigenvalue weighted by Crippen LogP contribution is 2.20. The molecule has 5 heteroatoms. The Hall–Kier alpha value is -0.910. The Morgan fingerprint density at radius 1 is 1.41 bits per heavy atom. The summed E-state index contributed by atoms with van der Waals surface area (Å²) in [5, 5.41) is 9.20. The number of rotatable bonds is 4. The topological polar surface area (TPSA) is 54.5 Å². The number of ether oxygens (including phenoxy) is 2. The average molecular weight is 255 g/mol. The maximum Gasteiger partial charge on any atom is 0.141 e. The van der Waals surface area contributed by atoms with E-state index in [1.165, 1.54) is 0 Å². The number of aromatic amines is 1. The van der Waals surface area contributed by atoms with Crippen molar-refractivity contribution in [2.75, 3.05) is 19.8 Å². The van der Waals surface area contributed by atoms with E-state index in [-0.39, 0.29) is 6.61 Å². The van der Waals surface area contributed by atoms with E-state index in [1.54, 1.807) is 6.07 Å². The van der Waals surface area contributed by atoms with Crippen molar-refractivity contribution < 1.29 is 14.6 Å². The quantitative estimate of drug-likeness (QED) is 0.808. The van der Waals surface area contributed by atoms with Crippen molar-refractivity contribution in [1.82, 2.24) is 4.98 Å². The Kier molecular flexibility index (Phi) is 4.53. The summed E-state index contributed by atoms with van der Waals surface area (Å²) >= 11 is 5.00. The van der Waals surface area contributed by atoms with Gasteiger partial charge in [0.05, 0.1) is 18.9 Å². The zero-order valence-corrected chi connectivity index (χ0v) is 10.5. The summed E-state index contributed by atoms with van der Waals surface area (Å²) in [4.78, 5) is 2.93. The minimum Gasteiger partial charge on any atom is -0.491 e. The summed E-state index contributed by atoms with van der Waals surface area (Å²) < 4.78 is 11.6. The Bertz CT molecular complexity index is 412. The first-order valence-corrected chi connectivity index (χ1v) is 6.24. The lowest BCUT2D eigenvalue weighted by atomic mass is 10.0. The molecule has 2 N–H and O–H groups in total. The average Bonchev–Trinajstić information content (AvgIpc) is 2.38. The molecule has 4 nitrogen and oxygen atoms in total. The third-order valence-corrected chi connectivity index (χ3v) is 3.17. The largest absolute Gasteiger partial charge is 0.491 e. The van der Waals surface area contributed by atoms with E-state index in [2.05, 4.69) is 4.98 Å². The van der Waals surface area contributed by atoms with Gasteiger partial charge in [0, 0.05) is 13.2 Å². The number of pyridine rings is 1. The molecule has 1 saturated heterocycles. The third-order valence-electron chi connectivity index (χ3n) is 2.93. The summed E-state index contributed by atoms with van der Waals surface area (Å²) in [7, 11) is 0. The second-order valence-electron chi connectivity index (χ2n) is 4.19. The molecule has 1 fully saturated rings. The summed E-state index contributed by atoms with van der Waals surface area (Å²) in [6, 6.07) is 3.58. The van der Waals surface area contributed by atoms with Gasteiger partial charge in [-0.25, -0.2) is 0 Å². The van der Waals surface area contributed by atoms with E-state index >= 15 is 0 Å². The standard InChI is InChI=1S/C12H17NO3S/c14-7-10-11(1-2-12(17)13-10)16-8-9-3-5-15-6-4-9/h1-2,9,14H,3-8H2,(H,13,17). The fraction of sp³-hybridized carbons (Fsp3) is 0.583. The van der Waals surface area contributed by atoms with Crippen molar-refractivity contribution in [2.45, 2.75) is 19.4 Å². The lowest BCUT2D eigenvalue weighted by Crippen LogP contribution is -2.21. The fourth-order valence-electron chi connectivity index (χ4n) is 1.88. The summed E-state index contributed by atoms with van der Waals surface area (Å²) in [5.41, 5.74) is 0.643. The van der Waals surface area contributed by atoms with Crippen LogP contribution in [0, 0.1) is 10.6 Å². The van der Waals surface area contributed by atoms with Gasteiger partial charge in [0.1, 0.15) is 10.4 Å². The van der Waals surface area contributed by atoms with Crippen molar-refractivity contribution in [3.63, 3.8) is 0 Å². The highest BCUT2D eigenvalue weighted by atomic mass is 32.1. The first-order chi connectivity index (χ1) is 8.29. The number of H-pyrrole nitrogens is 1. The monoisotopic (exact) mass is 255 g/mol. The molecular formula is C12H17NO3S. The smallest absolute Gasteiger partial charge is 0.141 e. The molecule has 0 radical (unpaired) electrons. The van der Waals surface area contributed by atoms with Crippen LogP contribution in [0.4, 0.5) is 0 Å². The van der Waals surface area contributed by atoms with Crippen LogP contribution in [0.3, 0.4) is 0 Å². The van der Waals surface area contributed by atoms with Gasteiger partial charge >= 0.3 is 0 Å². The van der Waals surface area contributed by atoms with Crippen molar-refractivity contribution in [3.8, 4) is 5.75 Å². The molecule has 0 bridgehead atoms. The van der Waals surface area contributed by atoms with Crippen molar-refractivity contribution >= 4 is 12.2 Å². The number of hydrogen-bond donors (Lipinski definition) is 2. The van der Waals surface area contributed by atoms with Gasteiger partial charge in [0.15, 0.2) is 0 Å². The molecule has 2 heterocycles. The molecule has 17 heavy (non-hydrogen) atoms. The molecule has 1 aromatic heterocycles. The van der Waals surface area contributed by atoms with Crippen molar-refractivity contribution in [3.05, 3.63) is 22.5 Å². The maximum absolute atomic E-state index is 9.20. The molecule has 1 aromatic rings. The van der Waals surface area contributed by atoms with Gasteiger partial charge in [-0.3, -0.25) is 0 Å². The highest BCUT2D eigenvalue weighted by molar-refractivity contribution is 7.71. The summed E-state index contributed by atoms with van der Waals surface area (Å²) in [6.45, 7) is 2.21. The van der Waals surface area contributed by atoms with E-state index in [0.29, 0.717) is 28.6 Å². The normalized spacial score (nSPS) is 17.0. The SMILES string of the molecule is OCc1[nH]c(=S)ccc1OCC1CCOCC1. The second kappa shape index (κ2) is 6.14. The van der Waals surface area contributed by atoms with Crippen LogP contribution in [0.15, 0.2) is 12.1 Å². The minimum atomic E-state index is -0.0897. The van der Waals surface area contributed by atoms with E-state index in [9.17, 15) is 5.11 Å². The number of aromatic nitrogens is 1. The van der Waals surface area contributed by atoms with Crippen molar-refractivity contribution in [2.24, 2.45) is 5.92 Å². The molecule has 0 amide bonds. The van der Waals surface area contributed by atoms with E-state index in [4.69, 9.17) is 21.7 Å². The van der Waals surface area contributed by atoms with Gasteiger partial charge < -0.3 is 19.6 Å². The summed E-state index contributed by atoms with van der Waals surface area (Å²) in [5.74, 6) is 1.23. The van der Waals surface area contributed by atoms with Crippen molar-refractivity contribution in [1.29, 1.82) is 0 Å². The zero-order chi connectivity index (χ0) is 12.1. The molecule has 0 atom stereocenters. The zero-order valence-electron chi connectivity index (χ0n) is 9.65. The number of nitrogens with one attached hydrogen (secondary N) is 1. The summed E-state index contributed by atoms with van der Waals surface area (Å²) in [6.07, 6.45) is 2.08. The van der Waals surface area contributed by atoms with Crippen LogP contribution in [-0.2, 0) is 11.3 Å². The second-order valence-corrected chi connectivity index (χ2v) is 4.63. The van der Waals surface area contributed by atoms with Gasteiger partial charge in [-0.05, 0) is 30.9 Å². The maximum atomic E-state index is 9.20. The van der Waals surface area contributed by atoms with E-state index < -0.39 is 0 Å². The Morgan fingerprint density at radius 2 is 2.18 bits per heavy atom. The predicted octanol–water partition coefficient (Wildman–Crippen LogP) is 2.04. The third kappa shape index (κ3) is 3.52. The van der Waals surface area contributed by atoms with Crippen LogP contribution in [-0.4, -0.2) is 29.9 Å². The molecule has 0 unspecified atom stereocenters. The van der Waals surface area contributed by atoms with E-state index in [0.717, 1.165) is 26.1 Å². The lowest BCUT2D eigenvalue weighted by Gasteiger charge is -2.22. The Labute approximate surface area is 106 Å². The van der Waals surface area contributed by atoms with Gasteiger partial charge in [0.2, 0.25) is 0 Å². The number of aliphatic hydroxyl groups excluding tert-OH is 1. The van der Waals surface area contributed by atoms with Crippen LogP contribution in [0.5, 0.6) is 5.75 Å². The Balaban J connectivity index is 1.95. The highest BCUT2D eigenvalue weighted by Gasteiger charge is 2.15. The molecule has 94 valence electrons. The molecule has 0 aromatic carbocycles. The van der Waals surface area contributed by atoms with Crippen LogP contribution >= 0.6 is 12.2 Å². The Morgan fingerprint density at radius 3 is 2.88 bits per heavy atom. The van der Waals surface area contributed by atoms with Crippen LogP contribution in [0.1, 0.15) is 18.5 Å². The van der Waals surface area contributed by atoms with Crippen LogP contribution < -0.4 is 4.74 Å². The van der Waals surface area contributed by atoms with Gasteiger partial charge in [-0.2, -0.15) is 0 Å². The molecule has 1 aliphatic heterocycles. The van der Waals surface area contributed by atoms with E-state index in [1.807, 2.05) is 6.07 Å². The molecule has 0 aliphatic carbocycles. The molecule has 1 aliphatic rings. The first-order valence-electron chi connectivity index (χ1n) is 5.83. The minimum absolute atomic E-state index is 0.0897. The number of hydrogen-bond acceptors (Lipinski definition) is 4. The van der Waals surface area contributed by atoms with Gasteiger partial charge in [-0.15, -0.1) is 0 Å². The fourth-order valence-corrected chi connectivity index (χ4v) is 2.07. The van der Waals surface area contributed by atoms with Crippen LogP contribution in [0.2, 0.25) is 0 Å². The molecule has 0 saturated carbocycles. The molecule has 2 rings (SSSR count). The van der Waals surface area contributed by atoms with Gasteiger partial charge in [-0.1, -0.05) is 12.2 Å². The molecule has 0 spiro atoms. The van der Waals surface area contributed by atoms with Gasteiger partial charge in [0.25, 0.3) is 0 Å².